The zero-order valence-corrected chi connectivity index (χ0v) is 22.0. The predicted molar refractivity (Wildman–Crippen MR) is 148 cm³/mol. The molecule has 0 aliphatic rings. The van der Waals surface area contributed by atoms with Gasteiger partial charge < -0.3 is 0 Å². The molecule has 0 unspecified atom stereocenters. The first-order valence-electron chi connectivity index (χ1n) is 12.5. The number of benzene rings is 2. The Kier molecular flexibility index (Phi) is 10.5. The molecule has 1 heteroatoms. The van der Waals surface area contributed by atoms with Gasteiger partial charge in [0.05, 0.1) is 10.8 Å². The highest BCUT2D eigenvalue weighted by Gasteiger charge is 2.50. The Morgan fingerprint density at radius 3 is 1.15 bits per heavy atom. The van der Waals surface area contributed by atoms with Crippen LogP contribution in [0, 0.1) is 13.8 Å². The van der Waals surface area contributed by atoms with Crippen molar-refractivity contribution in [1.29, 1.82) is 0 Å². The van der Waals surface area contributed by atoms with Crippen LogP contribution < -0.4 is 0 Å². The molecule has 0 saturated heterocycles. The lowest BCUT2D eigenvalue weighted by Crippen LogP contribution is -2.49. The minimum atomic E-state index is -0.657. The second-order valence-corrected chi connectivity index (χ2v) is 9.22. The van der Waals surface area contributed by atoms with Crippen LogP contribution >= 0.6 is 0 Å². The number of rotatable bonds is 12. The van der Waals surface area contributed by atoms with Crippen molar-refractivity contribution in [2.45, 2.75) is 78.1 Å². The number of carbonyl (C=O) groups is 1. The van der Waals surface area contributed by atoms with E-state index < -0.39 is 10.8 Å². The summed E-state index contributed by atoms with van der Waals surface area (Å²) in [4.78, 5) is 15.3. The molecule has 0 saturated carbocycles. The van der Waals surface area contributed by atoms with Crippen molar-refractivity contribution in [2.75, 3.05) is 0 Å². The molecule has 0 spiro atoms. The fourth-order valence-corrected chi connectivity index (χ4v) is 5.18. The molecule has 34 heavy (non-hydrogen) atoms. The van der Waals surface area contributed by atoms with Gasteiger partial charge in [-0.25, -0.2) is 0 Å². The third-order valence-electron chi connectivity index (χ3n) is 7.00. The summed E-state index contributed by atoms with van der Waals surface area (Å²) in [6.07, 6.45) is 19.7. The summed E-state index contributed by atoms with van der Waals surface area (Å²) < 4.78 is 0. The Labute approximate surface area is 208 Å². The summed E-state index contributed by atoms with van der Waals surface area (Å²) in [7, 11) is 0. The van der Waals surface area contributed by atoms with Crippen LogP contribution in [0.1, 0.15) is 75.6 Å². The number of allylic oxidation sites excluding steroid dienone is 8. The van der Waals surface area contributed by atoms with E-state index in [1.165, 1.54) is 11.1 Å². The van der Waals surface area contributed by atoms with E-state index in [1.54, 1.807) is 0 Å². The molecule has 0 aliphatic carbocycles. The van der Waals surface area contributed by atoms with E-state index in [1.807, 2.05) is 27.7 Å². The Bertz CT molecular complexity index is 936. The van der Waals surface area contributed by atoms with Crippen molar-refractivity contribution in [1.82, 2.24) is 0 Å². The lowest BCUT2D eigenvalue weighted by Gasteiger charge is -2.43. The number of hydrogen-bond donors (Lipinski definition) is 0. The Morgan fingerprint density at radius 1 is 0.588 bits per heavy atom. The van der Waals surface area contributed by atoms with E-state index in [4.69, 9.17) is 0 Å². The normalized spacial score (nSPS) is 15.9. The van der Waals surface area contributed by atoms with E-state index in [0.717, 1.165) is 11.1 Å². The average molecular weight is 455 g/mol. The van der Waals surface area contributed by atoms with Gasteiger partial charge >= 0.3 is 0 Å². The van der Waals surface area contributed by atoms with E-state index in [9.17, 15) is 0 Å². The number of hydrogen-bond acceptors (Lipinski definition) is 1. The highest BCUT2D eigenvalue weighted by Crippen LogP contribution is 2.47. The van der Waals surface area contributed by atoms with Crippen LogP contribution in [-0.2, 0) is 15.6 Å². The zero-order chi connectivity index (χ0) is 25.0. The number of carbonyl (C=O) groups excluding carboxylic acids is 1. The molecule has 1 nitrogen and oxygen atoms in total. The van der Waals surface area contributed by atoms with Crippen LogP contribution in [0.25, 0.3) is 0 Å². The second kappa shape index (κ2) is 13.1. The smallest absolute Gasteiger partial charge is 0.155 e. The van der Waals surface area contributed by atoms with Crippen LogP contribution in [-0.4, -0.2) is 5.78 Å². The maximum Gasteiger partial charge on any atom is 0.155 e. The van der Waals surface area contributed by atoms with Gasteiger partial charge in [0.2, 0.25) is 0 Å². The number of aryl methyl sites for hydroxylation is 2. The summed E-state index contributed by atoms with van der Waals surface area (Å²) in [5, 5.41) is 0. The minimum Gasteiger partial charge on any atom is -0.298 e. The van der Waals surface area contributed by atoms with Gasteiger partial charge in [-0.2, -0.15) is 0 Å². The van der Waals surface area contributed by atoms with Crippen molar-refractivity contribution in [3.05, 3.63) is 119 Å². The number of ketones is 1. The highest BCUT2D eigenvalue weighted by molar-refractivity contribution is 6.00. The van der Waals surface area contributed by atoms with Gasteiger partial charge in [-0.15, -0.1) is 0 Å². The average Bonchev–Trinajstić information content (AvgIpc) is 2.85. The van der Waals surface area contributed by atoms with Gasteiger partial charge in [-0.05, 0) is 89.5 Å². The summed E-state index contributed by atoms with van der Waals surface area (Å²) >= 11 is 0. The molecule has 2 aromatic rings. The van der Waals surface area contributed by atoms with Gasteiger partial charge in [-0.3, -0.25) is 4.79 Å². The quantitative estimate of drug-likeness (QED) is 0.293. The Balaban J connectivity index is 2.97. The number of Topliss-reactive ketones (excluding diaryl/α,β-unsaturated/α-hetero) is 1. The van der Waals surface area contributed by atoms with Gasteiger partial charge in [0, 0.05) is 0 Å². The van der Waals surface area contributed by atoms with Crippen molar-refractivity contribution in [2.24, 2.45) is 0 Å². The summed E-state index contributed by atoms with van der Waals surface area (Å²) in [6.45, 7) is 12.4. The van der Waals surface area contributed by atoms with Crippen molar-refractivity contribution in [3.63, 3.8) is 0 Å². The first-order chi connectivity index (χ1) is 16.4. The van der Waals surface area contributed by atoms with Crippen LogP contribution in [0.5, 0.6) is 0 Å². The van der Waals surface area contributed by atoms with Crippen LogP contribution in [0.4, 0.5) is 0 Å². The molecular formula is C33H42O. The molecule has 180 valence electrons. The highest BCUT2D eigenvalue weighted by atomic mass is 16.1. The minimum absolute atomic E-state index is 0.302. The maximum atomic E-state index is 15.3. The first-order valence-corrected chi connectivity index (χ1v) is 12.5. The van der Waals surface area contributed by atoms with Crippen molar-refractivity contribution in [3.8, 4) is 0 Å². The Hall–Kier alpha value is -2.93. The molecular weight excluding hydrogens is 412 g/mol. The SMILES string of the molecule is CC=CCC(CC=CC)(C(=O)C(CC=CC)(CC=CC)c1ccccc1C)c1ccccc1C. The topological polar surface area (TPSA) is 17.1 Å². The maximum absolute atomic E-state index is 15.3. The summed E-state index contributed by atoms with van der Waals surface area (Å²) in [5.74, 6) is 0.302. The molecule has 0 aliphatic heterocycles. The van der Waals surface area contributed by atoms with E-state index in [0.29, 0.717) is 31.5 Å². The van der Waals surface area contributed by atoms with Crippen molar-refractivity contribution < 1.29 is 4.79 Å². The second-order valence-electron chi connectivity index (χ2n) is 9.22. The monoisotopic (exact) mass is 454 g/mol. The largest absolute Gasteiger partial charge is 0.298 e. The lowest BCUT2D eigenvalue weighted by molar-refractivity contribution is -0.130. The molecule has 0 radical (unpaired) electrons. The first kappa shape index (κ1) is 27.3. The predicted octanol–water partition coefficient (Wildman–Crippen LogP) is 8.91. The Morgan fingerprint density at radius 2 is 0.882 bits per heavy atom. The molecule has 0 fully saturated rings. The summed E-state index contributed by atoms with van der Waals surface area (Å²) in [5.41, 5.74) is 3.29. The molecule has 0 aromatic heterocycles. The molecule has 0 bridgehead atoms. The third-order valence-corrected chi connectivity index (χ3v) is 7.00. The van der Waals surface area contributed by atoms with Crippen LogP contribution in [0.2, 0.25) is 0 Å². The fourth-order valence-electron chi connectivity index (χ4n) is 5.18. The standard InChI is InChI=1S/C33H42O/c1-7-11-23-32(24-12-8-2,29-21-17-15-19-27(29)5)31(34)33(25-13-9-3,26-14-10-4)30-22-18-16-20-28(30)6/h7-22H,23-26H2,1-6H3. The van der Waals surface area contributed by atoms with E-state index in [-0.39, 0.29) is 0 Å². The zero-order valence-electron chi connectivity index (χ0n) is 22.0. The third kappa shape index (κ3) is 5.76. The van der Waals surface area contributed by atoms with Gasteiger partial charge in [0.15, 0.2) is 5.78 Å². The van der Waals surface area contributed by atoms with Gasteiger partial charge in [0.25, 0.3) is 0 Å². The van der Waals surface area contributed by atoms with E-state index >= 15 is 4.79 Å². The van der Waals surface area contributed by atoms with Gasteiger partial charge in [-0.1, -0.05) is 97.1 Å². The van der Waals surface area contributed by atoms with Crippen molar-refractivity contribution >= 4 is 5.78 Å². The molecule has 0 atom stereocenters. The molecule has 0 N–H and O–H groups in total. The van der Waals surface area contributed by atoms with Crippen LogP contribution in [0.3, 0.4) is 0 Å². The molecule has 0 amide bonds. The van der Waals surface area contributed by atoms with E-state index in [2.05, 4.69) is 111 Å². The van der Waals surface area contributed by atoms with Crippen LogP contribution in [0.15, 0.2) is 97.1 Å². The fraction of sp³-hybridized carbons (Fsp3) is 0.364. The lowest BCUT2D eigenvalue weighted by atomic mass is 9.57. The summed E-state index contributed by atoms with van der Waals surface area (Å²) in [6, 6.07) is 16.9. The molecule has 2 rings (SSSR count). The molecule has 2 aromatic carbocycles. The molecule has 0 heterocycles. The van der Waals surface area contributed by atoms with Gasteiger partial charge in [0.1, 0.15) is 0 Å².